The average molecular weight is 235 g/mol. The highest BCUT2D eigenvalue weighted by Gasteiger charge is 2.22. The van der Waals surface area contributed by atoms with Crippen molar-refractivity contribution in [1.29, 1.82) is 0 Å². The van der Waals surface area contributed by atoms with Gasteiger partial charge in [0.2, 0.25) is 0 Å². The first-order valence-electron chi connectivity index (χ1n) is 5.78. The maximum absolute atomic E-state index is 13.4. The molecular formula is C12H14FN3O. The zero-order chi connectivity index (χ0) is 11.8. The Kier molecular flexibility index (Phi) is 2.57. The van der Waals surface area contributed by atoms with Crippen LogP contribution in [0.4, 0.5) is 4.39 Å². The van der Waals surface area contributed by atoms with Crippen molar-refractivity contribution in [2.24, 2.45) is 0 Å². The molecule has 1 aromatic heterocycles. The maximum Gasteiger partial charge on any atom is 0.148 e. The Morgan fingerprint density at radius 3 is 3.12 bits per heavy atom. The van der Waals surface area contributed by atoms with Gasteiger partial charge in [-0.25, -0.2) is 4.39 Å². The van der Waals surface area contributed by atoms with E-state index in [-0.39, 0.29) is 5.82 Å². The molecule has 0 aliphatic heterocycles. The molecule has 0 bridgehead atoms. The van der Waals surface area contributed by atoms with E-state index in [1.165, 1.54) is 18.9 Å². The Balaban J connectivity index is 1.87. The van der Waals surface area contributed by atoms with E-state index in [1.54, 1.807) is 12.3 Å². The molecule has 3 N–H and O–H groups in total. The molecular weight excluding hydrogens is 221 g/mol. The molecule has 0 spiro atoms. The third-order valence-electron chi connectivity index (χ3n) is 3.13. The quantitative estimate of drug-likeness (QED) is 0.752. The van der Waals surface area contributed by atoms with Gasteiger partial charge < -0.3 is 10.4 Å². The Labute approximate surface area is 97.8 Å². The van der Waals surface area contributed by atoms with Gasteiger partial charge in [-0.05, 0) is 24.5 Å². The largest absolute Gasteiger partial charge is 0.387 e. The SMILES string of the molecule is O[C@@H](CNC1CC1)c1ccc(F)c2[nH]ncc12. The number of nitrogens with zero attached hydrogens (tertiary/aromatic N) is 1. The first kappa shape index (κ1) is 10.7. The summed E-state index contributed by atoms with van der Waals surface area (Å²) in [7, 11) is 0. The fourth-order valence-electron chi connectivity index (χ4n) is 1.99. The number of aromatic amines is 1. The number of aromatic nitrogens is 2. The fourth-order valence-corrected chi connectivity index (χ4v) is 1.99. The topological polar surface area (TPSA) is 60.9 Å². The molecule has 1 fully saturated rings. The Morgan fingerprint density at radius 1 is 1.53 bits per heavy atom. The molecule has 17 heavy (non-hydrogen) atoms. The number of benzene rings is 1. The van der Waals surface area contributed by atoms with E-state index in [4.69, 9.17) is 0 Å². The van der Waals surface area contributed by atoms with E-state index in [2.05, 4.69) is 15.5 Å². The minimum atomic E-state index is -0.628. The molecule has 1 saturated carbocycles. The van der Waals surface area contributed by atoms with Crippen LogP contribution >= 0.6 is 0 Å². The van der Waals surface area contributed by atoms with E-state index in [0.29, 0.717) is 29.1 Å². The highest BCUT2D eigenvalue weighted by molar-refractivity contribution is 5.82. The van der Waals surface area contributed by atoms with Crippen LogP contribution in [0.1, 0.15) is 24.5 Å². The summed E-state index contributed by atoms with van der Waals surface area (Å²) in [6.07, 6.45) is 3.28. The van der Waals surface area contributed by atoms with Gasteiger partial charge in [-0.2, -0.15) is 5.10 Å². The number of halogens is 1. The van der Waals surface area contributed by atoms with Gasteiger partial charge in [-0.15, -0.1) is 0 Å². The van der Waals surface area contributed by atoms with Crippen molar-refractivity contribution in [3.63, 3.8) is 0 Å². The van der Waals surface area contributed by atoms with E-state index in [1.807, 2.05) is 0 Å². The van der Waals surface area contributed by atoms with Crippen LogP contribution in [0.2, 0.25) is 0 Å². The summed E-state index contributed by atoms with van der Waals surface area (Å²) in [6.45, 7) is 0.497. The van der Waals surface area contributed by atoms with Gasteiger partial charge >= 0.3 is 0 Å². The van der Waals surface area contributed by atoms with E-state index < -0.39 is 6.10 Å². The Hall–Kier alpha value is -1.46. The second kappa shape index (κ2) is 4.09. The highest BCUT2D eigenvalue weighted by Crippen LogP contribution is 2.26. The summed E-state index contributed by atoms with van der Waals surface area (Å²) in [6, 6.07) is 3.52. The van der Waals surface area contributed by atoms with Gasteiger partial charge in [0.15, 0.2) is 0 Å². The average Bonchev–Trinajstić information content (AvgIpc) is 3.02. The molecule has 1 heterocycles. The van der Waals surface area contributed by atoms with E-state index >= 15 is 0 Å². The van der Waals surface area contributed by atoms with Gasteiger partial charge in [0.1, 0.15) is 11.3 Å². The standard InChI is InChI=1S/C12H14FN3O/c13-10-4-3-8(9-5-15-16-12(9)10)11(17)6-14-7-1-2-7/h3-5,7,11,14,17H,1-2,6H2,(H,15,16)/t11-/m0/s1. The second-order valence-corrected chi connectivity index (χ2v) is 4.49. The van der Waals surface area contributed by atoms with Crippen molar-refractivity contribution in [1.82, 2.24) is 15.5 Å². The van der Waals surface area contributed by atoms with Gasteiger partial charge in [0, 0.05) is 18.0 Å². The predicted octanol–water partition coefficient (Wildman–Crippen LogP) is 1.49. The first-order chi connectivity index (χ1) is 8.25. The van der Waals surface area contributed by atoms with Crippen LogP contribution in [0.25, 0.3) is 10.9 Å². The normalized spacial score (nSPS) is 17.5. The van der Waals surface area contributed by atoms with Crippen LogP contribution in [-0.4, -0.2) is 27.9 Å². The van der Waals surface area contributed by atoms with Crippen LogP contribution in [0.15, 0.2) is 18.3 Å². The lowest BCUT2D eigenvalue weighted by Crippen LogP contribution is -2.23. The number of fused-ring (bicyclic) bond motifs is 1. The summed E-state index contributed by atoms with van der Waals surface area (Å²) in [4.78, 5) is 0. The fraction of sp³-hybridized carbons (Fsp3) is 0.417. The van der Waals surface area contributed by atoms with Gasteiger partial charge in [-0.1, -0.05) is 6.07 Å². The number of nitrogens with one attached hydrogen (secondary N) is 2. The van der Waals surface area contributed by atoms with Gasteiger partial charge in [0.05, 0.1) is 12.3 Å². The molecule has 0 amide bonds. The Bertz CT molecular complexity index is 536. The lowest BCUT2D eigenvalue weighted by atomic mass is 10.0. The number of H-pyrrole nitrogens is 1. The van der Waals surface area contributed by atoms with Crippen molar-refractivity contribution >= 4 is 10.9 Å². The van der Waals surface area contributed by atoms with Crippen molar-refractivity contribution in [3.05, 3.63) is 29.7 Å². The minimum absolute atomic E-state index is 0.344. The molecule has 3 rings (SSSR count). The van der Waals surface area contributed by atoms with Crippen molar-refractivity contribution in [2.45, 2.75) is 25.0 Å². The van der Waals surface area contributed by atoms with Crippen LogP contribution < -0.4 is 5.32 Å². The third-order valence-corrected chi connectivity index (χ3v) is 3.13. The number of rotatable bonds is 4. The summed E-state index contributed by atoms with van der Waals surface area (Å²) in [5.74, 6) is -0.344. The Morgan fingerprint density at radius 2 is 2.35 bits per heavy atom. The molecule has 90 valence electrons. The summed E-state index contributed by atoms with van der Waals surface area (Å²) < 4.78 is 13.4. The van der Waals surface area contributed by atoms with Crippen molar-refractivity contribution in [3.8, 4) is 0 Å². The lowest BCUT2D eigenvalue weighted by molar-refractivity contribution is 0.175. The molecule has 5 heteroatoms. The highest BCUT2D eigenvalue weighted by atomic mass is 19.1. The van der Waals surface area contributed by atoms with E-state index in [0.717, 1.165) is 0 Å². The second-order valence-electron chi connectivity index (χ2n) is 4.49. The summed E-state index contributed by atoms with van der Waals surface area (Å²) in [5, 5.41) is 20.4. The zero-order valence-electron chi connectivity index (χ0n) is 9.28. The monoisotopic (exact) mass is 235 g/mol. The molecule has 1 aliphatic carbocycles. The zero-order valence-corrected chi connectivity index (χ0v) is 9.28. The van der Waals surface area contributed by atoms with Crippen molar-refractivity contribution in [2.75, 3.05) is 6.54 Å². The van der Waals surface area contributed by atoms with Crippen LogP contribution in [0.5, 0.6) is 0 Å². The molecule has 1 atom stereocenters. The molecule has 0 saturated heterocycles. The maximum atomic E-state index is 13.4. The smallest absolute Gasteiger partial charge is 0.148 e. The molecule has 4 nitrogen and oxygen atoms in total. The molecule has 0 unspecified atom stereocenters. The van der Waals surface area contributed by atoms with Crippen LogP contribution in [0.3, 0.4) is 0 Å². The van der Waals surface area contributed by atoms with Gasteiger partial charge in [-0.3, -0.25) is 5.10 Å². The third kappa shape index (κ3) is 2.03. The molecule has 1 aromatic carbocycles. The summed E-state index contributed by atoms with van der Waals surface area (Å²) in [5.41, 5.74) is 1.07. The molecule has 2 aromatic rings. The van der Waals surface area contributed by atoms with Gasteiger partial charge in [0.25, 0.3) is 0 Å². The van der Waals surface area contributed by atoms with Crippen LogP contribution in [0, 0.1) is 5.82 Å². The number of hydrogen-bond acceptors (Lipinski definition) is 3. The van der Waals surface area contributed by atoms with Crippen LogP contribution in [-0.2, 0) is 0 Å². The molecule has 1 aliphatic rings. The summed E-state index contributed by atoms with van der Waals surface area (Å²) >= 11 is 0. The molecule has 0 radical (unpaired) electrons. The minimum Gasteiger partial charge on any atom is -0.387 e. The number of aliphatic hydroxyl groups excluding tert-OH is 1. The number of hydrogen-bond donors (Lipinski definition) is 3. The van der Waals surface area contributed by atoms with E-state index in [9.17, 15) is 9.50 Å². The first-order valence-corrected chi connectivity index (χ1v) is 5.78. The number of aliphatic hydroxyl groups is 1. The lowest BCUT2D eigenvalue weighted by Gasteiger charge is -2.12. The van der Waals surface area contributed by atoms with Crippen molar-refractivity contribution < 1.29 is 9.50 Å². The predicted molar refractivity (Wildman–Crippen MR) is 62.0 cm³/mol.